The lowest BCUT2D eigenvalue weighted by Crippen LogP contribution is -2.37. The molecule has 0 saturated carbocycles. The summed E-state index contributed by atoms with van der Waals surface area (Å²) in [6.45, 7) is 0. The molecule has 1 aromatic heterocycles. The van der Waals surface area contributed by atoms with Gasteiger partial charge in [0.2, 0.25) is 5.91 Å². The summed E-state index contributed by atoms with van der Waals surface area (Å²) in [6.07, 6.45) is -0.975. The number of amides is 2. The van der Waals surface area contributed by atoms with Gasteiger partial charge in [0.1, 0.15) is 23.5 Å². The largest absolute Gasteiger partial charge is 0.459 e. The average Bonchev–Trinajstić information content (AvgIpc) is 3.57. The fourth-order valence-corrected chi connectivity index (χ4v) is 5.62. The van der Waals surface area contributed by atoms with Crippen LogP contribution in [0.5, 0.6) is 0 Å². The monoisotopic (exact) mass is 630 g/mol. The van der Waals surface area contributed by atoms with Crippen LogP contribution in [0, 0.1) is 9.49 Å². The number of furan rings is 1. The molecule has 36 heavy (non-hydrogen) atoms. The molecule has 0 bridgehead atoms. The third-order valence-electron chi connectivity index (χ3n) is 6.34. The van der Waals surface area contributed by atoms with Gasteiger partial charge in [0.15, 0.2) is 6.10 Å². The molecule has 0 unspecified atom stereocenters. The van der Waals surface area contributed by atoms with Gasteiger partial charge < -0.3 is 4.42 Å². The Labute approximate surface area is 230 Å². The summed E-state index contributed by atoms with van der Waals surface area (Å²) in [5, 5.41) is 2.46. The van der Waals surface area contributed by atoms with E-state index in [0.29, 0.717) is 32.9 Å². The number of para-hydroxylation sites is 2. The van der Waals surface area contributed by atoms with Crippen LogP contribution in [-0.2, 0) is 14.4 Å². The van der Waals surface area contributed by atoms with Gasteiger partial charge >= 0.3 is 0 Å². The third kappa shape index (κ3) is 3.82. The van der Waals surface area contributed by atoms with Crippen LogP contribution in [0.15, 0.2) is 89.3 Å². The fourth-order valence-electron chi connectivity index (χ4n) is 4.69. The number of carbonyl (C=O) groups is 2. The molecule has 2 aliphatic rings. The maximum absolute atomic E-state index is 13.8. The maximum atomic E-state index is 13.8. The van der Waals surface area contributed by atoms with E-state index in [9.17, 15) is 9.59 Å². The molecule has 2 fully saturated rings. The second kappa shape index (κ2) is 9.23. The Morgan fingerprint density at radius 2 is 1.56 bits per heavy atom. The van der Waals surface area contributed by atoms with Crippen molar-refractivity contribution < 1.29 is 18.8 Å². The number of hydroxylamine groups is 1. The minimum Gasteiger partial charge on any atom is -0.459 e. The van der Waals surface area contributed by atoms with Crippen molar-refractivity contribution in [3.8, 4) is 11.3 Å². The maximum Gasteiger partial charge on any atom is 0.266 e. The molecule has 3 atom stereocenters. The van der Waals surface area contributed by atoms with Crippen molar-refractivity contribution in [3.05, 3.63) is 104 Å². The lowest BCUT2D eigenvalue weighted by Gasteiger charge is -2.27. The lowest BCUT2D eigenvalue weighted by atomic mass is 9.94. The Hall–Kier alpha value is -2.85. The Morgan fingerprint density at radius 3 is 2.31 bits per heavy atom. The molecule has 180 valence electrons. The molecule has 2 amide bonds. The van der Waals surface area contributed by atoms with E-state index in [4.69, 9.17) is 32.5 Å². The first kappa shape index (κ1) is 23.5. The molecule has 2 saturated heterocycles. The number of benzene rings is 3. The number of imide groups is 1. The van der Waals surface area contributed by atoms with Crippen molar-refractivity contribution in [2.45, 2.75) is 12.1 Å². The summed E-state index contributed by atoms with van der Waals surface area (Å²) in [7, 11) is 0. The molecule has 4 aromatic rings. The van der Waals surface area contributed by atoms with Crippen molar-refractivity contribution in [3.63, 3.8) is 0 Å². The number of anilines is 2. The summed E-state index contributed by atoms with van der Waals surface area (Å²) in [4.78, 5) is 34.7. The summed E-state index contributed by atoms with van der Waals surface area (Å²) in [6, 6.07) is 24.8. The highest BCUT2D eigenvalue weighted by Crippen LogP contribution is 2.48. The molecule has 0 radical (unpaired) electrons. The molecular formula is C27H17Cl2IN2O4. The van der Waals surface area contributed by atoms with E-state index in [1.807, 2.05) is 54.6 Å². The van der Waals surface area contributed by atoms with Crippen molar-refractivity contribution in [2.24, 2.45) is 5.92 Å². The van der Waals surface area contributed by atoms with Crippen LogP contribution in [0.4, 0.5) is 11.4 Å². The average molecular weight is 631 g/mol. The van der Waals surface area contributed by atoms with E-state index >= 15 is 0 Å². The van der Waals surface area contributed by atoms with E-state index in [1.54, 1.807) is 35.4 Å². The predicted molar refractivity (Wildman–Crippen MR) is 146 cm³/mol. The molecule has 0 N–H and O–H groups in total. The highest BCUT2D eigenvalue weighted by atomic mass is 127. The molecule has 3 aromatic carbocycles. The first-order chi connectivity index (χ1) is 17.4. The molecule has 0 aliphatic carbocycles. The normalized spacial score (nSPS) is 21.4. The number of nitrogens with zero attached hydrogens (tertiary/aromatic N) is 2. The van der Waals surface area contributed by atoms with Crippen LogP contribution in [0.1, 0.15) is 11.8 Å². The van der Waals surface area contributed by atoms with Gasteiger partial charge in [-0.15, -0.1) is 0 Å². The Morgan fingerprint density at radius 1 is 0.806 bits per heavy atom. The second-order valence-corrected chi connectivity index (χ2v) is 10.4. The Kier molecular flexibility index (Phi) is 6.03. The number of rotatable bonds is 4. The van der Waals surface area contributed by atoms with Crippen LogP contribution < -0.4 is 9.96 Å². The van der Waals surface area contributed by atoms with Crippen LogP contribution >= 0.6 is 45.8 Å². The van der Waals surface area contributed by atoms with Crippen LogP contribution in [0.2, 0.25) is 10.0 Å². The zero-order valence-corrected chi connectivity index (χ0v) is 22.1. The van der Waals surface area contributed by atoms with E-state index in [2.05, 4.69) is 22.6 Å². The summed E-state index contributed by atoms with van der Waals surface area (Å²) in [5.74, 6) is -0.454. The van der Waals surface area contributed by atoms with Gasteiger partial charge in [-0.2, -0.15) is 0 Å². The highest BCUT2D eigenvalue weighted by Gasteiger charge is 2.61. The van der Waals surface area contributed by atoms with Crippen molar-refractivity contribution in [1.82, 2.24) is 0 Å². The quantitative estimate of drug-likeness (QED) is 0.181. The number of carbonyl (C=O) groups excluding carboxylic acids is 2. The number of hydrogen-bond acceptors (Lipinski definition) is 5. The fraction of sp³-hybridized carbons (Fsp3) is 0.111. The standard InChI is InChI=1S/C27H17Cl2IN2O4/c28-17-11-10-15(14-18(17)29)21-12-13-22(35-21)24-23-25(36-32(24)16-6-2-1-3-7-16)27(34)31(26(23)33)20-9-5-4-8-19(20)30/h1-14,23-25H/t23-,24+,25-/m1/s1. The van der Waals surface area contributed by atoms with Crippen LogP contribution in [0.25, 0.3) is 11.3 Å². The van der Waals surface area contributed by atoms with E-state index in [1.165, 1.54) is 4.90 Å². The van der Waals surface area contributed by atoms with Gasteiger partial charge in [-0.05, 0) is 77.2 Å². The molecule has 6 nitrogen and oxygen atoms in total. The number of halogens is 3. The smallest absolute Gasteiger partial charge is 0.266 e. The number of fused-ring (bicyclic) bond motifs is 1. The van der Waals surface area contributed by atoms with Gasteiger partial charge in [-0.3, -0.25) is 14.4 Å². The van der Waals surface area contributed by atoms with Gasteiger partial charge in [0.05, 0.1) is 21.4 Å². The Bertz CT molecular complexity index is 1490. The first-order valence-electron chi connectivity index (χ1n) is 11.1. The van der Waals surface area contributed by atoms with Gasteiger partial charge in [-0.25, -0.2) is 9.96 Å². The summed E-state index contributed by atoms with van der Waals surface area (Å²) in [5.41, 5.74) is 2.00. The van der Waals surface area contributed by atoms with Gasteiger partial charge in [0, 0.05) is 9.13 Å². The summed E-state index contributed by atoms with van der Waals surface area (Å²) >= 11 is 14.4. The van der Waals surface area contributed by atoms with Gasteiger partial charge in [-0.1, -0.05) is 53.5 Å². The SMILES string of the molecule is O=C1[C@H]2[C@@H](ON(c3ccccc3)[C@H]2c2ccc(-c3ccc(Cl)c(Cl)c3)o2)C(=O)N1c1ccccc1I. The van der Waals surface area contributed by atoms with E-state index in [-0.39, 0.29) is 5.91 Å². The first-order valence-corrected chi connectivity index (χ1v) is 13.0. The Balaban J connectivity index is 1.43. The second-order valence-electron chi connectivity index (χ2n) is 8.45. The third-order valence-corrected chi connectivity index (χ3v) is 7.99. The van der Waals surface area contributed by atoms with Crippen molar-refractivity contribution in [2.75, 3.05) is 9.96 Å². The molecule has 2 aliphatic heterocycles. The minimum atomic E-state index is -0.975. The summed E-state index contributed by atoms with van der Waals surface area (Å²) < 4.78 is 7.05. The minimum absolute atomic E-state index is 0.329. The number of hydrogen-bond donors (Lipinski definition) is 0. The topological polar surface area (TPSA) is 63.0 Å². The lowest BCUT2D eigenvalue weighted by molar-refractivity contribution is -0.126. The molecule has 0 spiro atoms. The van der Waals surface area contributed by atoms with Gasteiger partial charge in [0.25, 0.3) is 5.91 Å². The molecule has 9 heteroatoms. The zero-order valence-electron chi connectivity index (χ0n) is 18.5. The van der Waals surface area contributed by atoms with Crippen molar-refractivity contribution in [1.29, 1.82) is 0 Å². The highest BCUT2D eigenvalue weighted by molar-refractivity contribution is 14.1. The molecular weight excluding hydrogens is 614 g/mol. The zero-order chi connectivity index (χ0) is 25.0. The van der Waals surface area contributed by atoms with Crippen LogP contribution in [-0.4, -0.2) is 17.9 Å². The van der Waals surface area contributed by atoms with Crippen LogP contribution in [0.3, 0.4) is 0 Å². The van der Waals surface area contributed by atoms with E-state index < -0.39 is 24.0 Å². The molecule has 3 heterocycles. The molecule has 6 rings (SSSR count). The van der Waals surface area contributed by atoms with Crippen molar-refractivity contribution >= 4 is 69.0 Å². The predicted octanol–water partition coefficient (Wildman–Crippen LogP) is 6.91. The van der Waals surface area contributed by atoms with E-state index in [0.717, 1.165) is 9.13 Å².